The maximum atomic E-state index is 12.7. The number of imide groups is 1. The van der Waals surface area contributed by atoms with E-state index in [1.54, 1.807) is 32.8 Å². The topological polar surface area (TPSA) is 96.0 Å². The fourth-order valence-corrected chi connectivity index (χ4v) is 2.44. The second-order valence-corrected chi connectivity index (χ2v) is 7.13. The number of hydrogen-bond acceptors (Lipinski definition) is 6. The SMILES string of the molecule is [2H]C([15NH][13C](=[18O])C(CC(C)C)[15N](C)C)(C(=[18O])ON1C(=O)CCC1=O)C(C)C. The molecule has 3 amide bonds. The van der Waals surface area contributed by atoms with Crippen LogP contribution in [0.2, 0.25) is 0 Å². The minimum Gasteiger partial charge on any atom is -0.341 e. The van der Waals surface area contributed by atoms with Crippen molar-refractivity contribution in [2.24, 2.45) is 11.8 Å². The summed E-state index contributed by atoms with van der Waals surface area (Å²) in [6.45, 7) is 7.10. The van der Waals surface area contributed by atoms with Crippen molar-refractivity contribution in [2.45, 2.75) is 59.0 Å². The van der Waals surface area contributed by atoms with E-state index in [2.05, 4.69) is 5.32 Å². The number of nitrogens with zero attached hydrogens (tertiary/aromatic N) is 2. The van der Waals surface area contributed by atoms with Crippen molar-refractivity contribution in [3.05, 3.63) is 0 Å². The maximum absolute atomic E-state index is 12.7. The van der Waals surface area contributed by atoms with Crippen LogP contribution < -0.4 is 5.32 Å². The molecule has 0 aromatic heterocycles. The van der Waals surface area contributed by atoms with Gasteiger partial charge in [-0.1, -0.05) is 27.7 Å². The summed E-state index contributed by atoms with van der Waals surface area (Å²) in [4.78, 5) is 55.0. The van der Waals surface area contributed by atoms with Crippen LogP contribution in [-0.2, 0) is 24.0 Å². The summed E-state index contributed by atoms with van der Waals surface area (Å²) >= 11 is 0. The van der Waals surface area contributed by atoms with Crippen molar-refractivity contribution in [1.82, 2.24) is 15.3 Å². The summed E-state index contributed by atoms with van der Waals surface area (Å²) in [6, 6.07) is -2.65. The van der Waals surface area contributed by atoms with Crippen molar-refractivity contribution in [3.63, 3.8) is 0 Å². The first-order valence-corrected chi connectivity index (χ1v) is 8.46. The van der Waals surface area contributed by atoms with Crippen molar-refractivity contribution < 1.29 is 25.4 Å². The minimum absolute atomic E-state index is 0.0394. The third kappa shape index (κ3) is 5.81. The van der Waals surface area contributed by atoms with E-state index in [9.17, 15) is 19.2 Å². The first-order valence-electron chi connectivity index (χ1n) is 8.96. The highest BCUT2D eigenvalue weighted by atomic mass is 18.1. The molecule has 2 unspecified atom stereocenters. The van der Waals surface area contributed by atoms with E-state index in [-0.39, 0.29) is 18.8 Å². The maximum Gasteiger partial charge on any atom is 0.355 e. The minimum atomic E-state index is -2.12. The van der Waals surface area contributed by atoms with E-state index in [1.165, 1.54) is 0 Å². The summed E-state index contributed by atoms with van der Waals surface area (Å²) in [7, 11) is 3.49. The van der Waals surface area contributed by atoms with Crippen LogP contribution in [0.5, 0.6) is 0 Å². The van der Waals surface area contributed by atoms with Crippen LogP contribution in [0.25, 0.3) is 0 Å². The first kappa shape index (κ1) is 19.4. The van der Waals surface area contributed by atoms with Gasteiger partial charge in [-0.2, -0.15) is 0 Å². The Bertz CT molecular complexity index is 563. The molecule has 8 nitrogen and oxygen atoms in total. The van der Waals surface area contributed by atoms with Gasteiger partial charge in [-0.3, -0.25) is 19.3 Å². The van der Waals surface area contributed by atoms with Gasteiger partial charge >= 0.3 is 5.97 Å². The molecule has 1 aliphatic heterocycles. The molecule has 1 N–H and O–H groups in total. The Morgan fingerprint density at radius 2 is 1.76 bits per heavy atom. The number of hydrogen-bond donors (Lipinski definition) is 1. The molecular formula is C17H29N3O5. The summed E-state index contributed by atoms with van der Waals surface area (Å²) in [5.74, 6) is -3.32. The number of nitrogens with one attached hydrogen (secondary N) is 1. The molecular weight excluding hydrogens is 333 g/mol. The number of amides is 3. The number of hydroxylamine groups is 2. The van der Waals surface area contributed by atoms with Crippen LogP contribution >= 0.6 is 0 Å². The number of likely N-dealkylation sites (N-methyl/N-ethyl adjacent to an activating group) is 1. The lowest BCUT2D eigenvalue weighted by molar-refractivity contribution is -0.199. The third-order valence-electron chi connectivity index (χ3n) is 3.86. The third-order valence-corrected chi connectivity index (χ3v) is 3.86. The Hall–Kier alpha value is -1.96. The molecule has 0 radical (unpaired) electrons. The molecule has 1 rings (SSSR count). The van der Waals surface area contributed by atoms with Crippen molar-refractivity contribution in [2.75, 3.05) is 14.1 Å². The van der Waals surface area contributed by atoms with E-state index in [4.69, 9.17) is 6.21 Å². The molecule has 8 heteroatoms. The van der Waals surface area contributed by atoms with Crippen LogP contribution in [0, 0.1) is 11.8 Å². The lowest BCUT2D eigenvalue weighted by atomic mass is 10.1. The van der Waals surface area contributed by atoms with Gasteiger partial charge in [-0.05, 0) is 32.4 Å². The van der Waals surface area contributed by atoms with Gasteiger partial charge in [0.15, 0.2) is 0 Å². The van der Waals surface area contributed by atoms with Gasteiger partial charge in [0.2, 0.25) is 5.91 Å². The van der Waals surface area contributed by atoms with Crippen molar-refractivity contribution in [1.29, 1.82) is 0 Å². The largest absolute Gasteiger partial charge is 0.355 e. The average Bonchev–Trinajstić information content (AvgIpc) is 2.83. The van der Waals surface area contributed by atoms with Crippen LogP contribution in [0.1, 0.15) is 48.3 Å². The Kier molecular flexibility index (Phi) is 6.92. The number of carbonyl (C=O) groups is 4. The lowest BCUT2D eigenvalue weighted by Gasteiger charge is -2.28. The fraction of sp³-hybridized carbons (Fsp3) is 0.765. The second kappa shape index (κ2) is 8.94. The van der Waals surface area contributed by atoms with E-state index >= 15 is 0 Å². The molecule has 0 spiro atoms. The van der Waals surface area contributed by atoms with Crippen LogP contribution in [0.4, 0.5) is 0 Å². The molecule has 142 valence electrons. The van der Waals surface area contributed by atoms with Gasteiger partial charge in [-0.25, -0.2) is 4.79 Å². The van der Waals surface area contributed by atoms with Gasteiger partial charge in [0.25, 0.3) is 11.8 Å². The highest BCUT2D eigenvalue weighted by molar-refractivity contribution is 6.02. The molecule has 1 saturated heterocycles. The molecule has 0 aromatic rings. The zero-order chi connectivity index (χ0) is 20.2. The zero-order valence-electron chi connectivity index (χ0n) is 16.8. The molecule has 0 aliphatic carbocycles. The Balaban J connectivity index is 2.97. The summed E-state index contributed by atoms with van der Waals surface area (Å²) in [5, 5.41) is 2.83. The van der Waals surface area contributed by atoms with Crippen LogP contribution in [0.15, 0.2) is 0 Å². The van der Waals surface area contributed by atoms with Gasteiger partial charge in [0.1, 0.15) is 6.02 Å². The summed E-state index contributed by atoms with van der Waals surface area (Å²) in [6.07, 6.45) is 0.468. The van der Waals surface area contributed by atoms with Crippen LogP contribution in [0.3, 0.4) is 0 Å². The molecule has 0 bridgehead atoms. The molecule has 25 heavy (non-hydrogen) atoms. The highest BCUT2D eigenvalue weighted by Crippen LogP contribution is 2.15. The predicted octanol–water partition coefficient (Wildman–Crippen LogP) is 0.711. The second-order valence-electron chi connectivity index (χ2n) is 7.13. The molecule has 1 heterocycles. The normalized spacial score (nSPS) is 19.2. The Labute approximate surface area is 150 Å². The smallest absolute Gasteiger partial charge is 0.341 e. The predicted molar refractivity (Wildman–Crippen MR) is 90.9 cm³/mol. The van der Waals surface area contributed by atoms with Gasteiger partial charge < -0.3 is 10.2 Å². The quantitative estimate of drug-likeness (QED) is 0.295. The zero-order valence-corrected chi connectivity index (χ0v) is 15.8. The van der Waals surface area contributed by atoms with Crippen molar-refractivity contribution >= 4 is 23.7 Å². The Morgan fingerprint density at radius 3 is 2.16 bits per heavy atom. The molecule has 0 aromatic carbocycles. The van der Waals surface area contributed by atoms with Crippen molar-refractivity contribution in [3.8, 4) is 0 Å². The molecule has 0 saturated carbocycles. The van der Waals surface area contributed by atoms with Crippen LogP contribution in [-0.4, -0.2) is 59.8 Å². The Morgan fingerprint density at radius 1 is 1.24 bits per heavy atom. The van der Waals surface area contributed by atoms with Gasteiger partial charge in [0.05, 0.1) is 7.41 Å². The van der Waals surface area contributed by atoms with Gasteiger partial charge in [0, 0.05) is 12.8 Å². The lowest BCUT2D eigenvalue weighted by Crippen LogP contribution is -2.53. The van der Waals surface area contributed by atoms with E-state index in [0.717, 1.165) is 0 Å². The number of carbonyl (C=O) groups excluding carboxylic acids is 4. The molecule has 1 fully saturated rings. The monoisotopic (exact) mass is 363 g/mol. The standard InChI is InChI=1S/C17H29N3O5/c1-10(2)9-12(19(5)6)16(23)18-15(11(3)4)17(24)25-20-13(21)7-8-14(20)22/h10-12,15H,7-9H2,1-6H3,(H,18,23)/i15D,16+1,18+1,19+1,23+2,24+2. The molecule has 1 aliphatic rings. The summed E-state index contributed by atoms with van der Waals surface area (Å²) < 4.78 is 8.45. The number of rotatable bonds is 8. The van der Waals surface area contributed by atoms with Gasteiger partial charge in [-0.15, -0.1) is 5.06 Å². The molecule has 2 atom stereocenters. The van der Waals surface area contributed by atoms with E-state index in [0.29, 0.717) is 11.5 Å². The fourth-order valence-electron chi connectivity index (χ4n) is 2.44. The van der Waals surface area contributed by atoms with E-state index in [1.807, 2.05) is 13.8 Å². The highest BCUT2D eigenvalue weighted by Gasteiger charge is 2.37. The summed E-state index contributed by atoms with van der Waals surface area (Å²) in [5.41, 5.74) is 0. The average molecular weight is 363 g/mol. The first-order chi connectivity index (χ1) is 11.9. The van der Waals surface area contributed by atoms with E-state index < -0.39 is 41.7 Å².